The number of thiocarbonyl (C=S) groups is 1. The van der Waals surface area contributed by atoms with Gasteiger partial charge in [-0.05, 0) is 19.3 Å². The quantitative estimate of drug-likeness (QED) is 0.0208. The van der Waals surface area contributed by atoms with Crippen molar-refractivity contribution in [3.63, 3.8) is 0 Å². The van der Waals surface area contributed by atoms with Gasteiger partial charge in [0.05, 0.1) is 0 Å². The zero-order valence-corrected chi connectivity index (χ0v) is 30.4. The lowest BCUT2D eigenvalue weighted by molar-refractivity contribution is -0.129. The second-order valence-electron chi connectivity index (χ2n) is 13.4. The first-order valence-corrected chi connectivity index (χ1v) is 20.2. The zero-order valence-electron chi connectivity index (χ0n) is 28.7. The molecule has 0 aromatic rings. The summed E-state index contributed by atoms with van der Waals surface area (Å²) >= 11 is 9.21. The maximum atomic E-state index is 10.9. The molecular formula is C38H75NO2S2. The molecule has 0 saturated carbocycles. The van der Waals surface area contributed by atoms with Crippen molar-refractivity contribution >= 4 is 35.0 Å². The van der Waals surface area contributed by atoms with Crippen molar-refractivity contribution in [2.45, 2.75) is 231 Å². The van der Waals surface area contributed by atoms with E-state index in [0.717, 1.165) is 23.5 Å². The van der Waals surface area contributed by atoms with E-state index < -0.39 is 0 Å². The molecule has 0 aliphatic heterocycles. The normalized spacial score (nSPS) is 11.3. The Morgan fingerprint density at radius 2 is 0.535 bits per heavy atom. The van der Waals surface area contributed by atoms with E-state index >= 15 is 0 Å². The molecule has 0 bridgehead atoms. The monoisotopic (exact) mass is 642 g/mol. The van der Waals surface area contributed by atoms with Gasteiger partial charge in [0.25, 0.3) is 0 Å². The minimum absolute atomic E-state index is 0.256. The van der Waals surface area contributed by atoms with Gasteiger partial charge < -0.3 is 0 Å². The molecule has 0 aliphatic carbocycles. The molecule has 0 atom stereocenters. The highest BCUT2D eigenvalue weighted by Crippen LogP contribution is 2.17. The molecule has 0 aliphatic rings. The topological polar surface area (TPSA) is 49.3 Å². The van der Waals surface area contributed by atoms with Crippen LogP contribution in [0.2, 0.25) is 0 Å². The molecule has 0 aromatic carbocycles. The van der Waals surface area contributed by atoms with E-state index in [1.807, 2.05) is 0 Å². The van der Waals surface area contributed by atoms with Crippen molar-refractivity contribution < 1.29 is 10.0 Å². The van der Waals surface area contributed by atoms with Crippen LogP contribution in [-0.2, 0) is 4.79 Å². The zero-order chi connectivity index (χ0) is 31.3. The second kappa shape index (κ2) is 38.1. The van der Waals surface area contributed by atoms with Gasteiger partial charge in [0.2, 0.25) is 5.91 Å². The van der Waals surface area contributed by atoms with Gasteiger partial charge in [-0.2, -0.15) is 0 Å². The fourth-order valence-corrected chi connectivity index (χ4v) is 6.58. The van der Waals surface area contributed by atoms with Crippen LogP contribution < -0.4 is 5.48 Å². The summed E-state index contributed by atoms with van der Waals surface area (Å²) in [5.41, 5.74) is 1.70. The summed E-state index contributed by atoms with van der Waals surface area (Å²) in [5.74, 6) is -0.256. The lowest BCUT2D eigenvalue weighted by Gasteiger charge is -2.05. The third-order valence-electron chi connectivity index (χ3n) is 9.17. The van der Waals surface area contributed by atoms with E-state index in [1.54, 1.807) is 5.48 Å². The Balaban J connectivity index is 3.05. The van der Waals surface area contributed by atoms with Crippen molar-refractivity contribution in [1.82, 2.24) is 5.48 Å². The summed E-state index contributed by atoms with van der Waals surface area (Å²) in [6.07, 6.45) is 48.8. The van der Waals surface area contributed by atoms with E-state index in [4.69, 9.17) is 17.4 Å². The Morgan fingerprint density at radius 1 is 0.372 bits per heavy atom. The van der Waals surface area contributed by atoms with Crippen LogP contribution in [0.25, 0.3) is 0 Å². The Morgan fingerprint density at radius 3 is 0.698 bits per heavy atom. The lowest BCUT2D eigenvalue weighted by atomic mass is 10.0. The van der Waals surface area contributed by atoms with Crippen molar-refractivity contribution in [3.05, 3.63) is 0 Å². The minimum atomic E-state index is -0.256. The summed E-state index contributed by atoms with van der Waals surface area (Å²) in [7, 11) is 0. The number of hydroxylamine groups is 1. The van der Waals surface area contributed by atoms with Gasteiger partial charge in [-0.25, -0.2) is 5.48 Å². The average molecular weight is 642 g/mol. The summed E-state index contributed by atoms with van der Waals surface area (Å²) in [5, 5.41) is 8.46. The highest BCUT2D eigenvalue weighted by atomic mass is 32.1. The van der Waals surface area contributed by atoms with E-state index in [9.17, 15) is 4.79 Å². The molecule has 256 valence electrons. The van der Waals surface area contributed by atoms with Crippen LogP contribution in [0.5, 0.6) is 0 Å². The number of amides is 1. The summed E-state index contributed by atoms with van der Waals surface area (Å²) < 4.78 is 0.874. The van der Waals surface area contributed by atoms with Gasteiger partial charge in [-0.15, -0.1) is 12.6 Å². The maximum absolute atomic E-state index is 10.9. The third-order valence-corrected chi connectivity index (χ3v) is 9.60. The molecule has 43 heavy (non-hydrogen) atoms. The van der Waals surface area contributed by atoms with Crippen LogP contribution in [0.4, 0.5) is 0 Å². The van der Waals surface area contributed by atoms with E-state index in [2.05, 4.69) is 12.6 Å². The Bertz CT molecular complexity index is 572. The summed E-state index contributed by atoms with van der Waals surface area (Å²) in [6, 6.07) is 0. The minimum Gasteiger partial charge on any atom is -0.289 e. The maximum Gasteiger partial charge on any atom is 0.243 e. The van der Waals surface area contributed by atoms with Crippen LogP contribution in [0.15, 0.2) is 0 Å². The van der Waals surface area contributed by atoms with Gasteiger partial charge in [0.1, 0.15) is 0 Å². The summed E-state index contributed by atoms with van der Waals surface area (Å²) in [6.45, 7) is 0. The van der Waals surface area contributed by atoms with Crippen molar-refractivity contribution in [1.29, 1.82) is 0 Å². The third kappa shape index (κ3) is 39.8. The largest absolute Gasteiger partial charge is 0.289 e. The molecule has 0 unspecified atom stereocenters. The van der Waals surface area contributed by atoms with Gasteiger partial charge in [-0.3, -0.25) is 10.0 Å². The molecule has 1 amide bonds. The van der Waals surface area contributed by atoms with Crippen LogP contribution in [0.3, 0.4) is 0 Å². The molecule has 0 fully saturated rings. The standard InChI is InChI=1S/C38H75NO2S2/c40-37(39-41)35-33-31-29-27-25-23-21-19-17-15-13-11-9-7-5-3-1-2-4-6-8-10-12-14-16-18-20-22-24-26-28-30-32-34-36-38(42)43/h41H,1-36H2,(H,39,40)(H,42,43). The second-order valence-corrected chi connectivity index (χ2v) is 14.8. The molecule has 3 nitrogen and oxygen atoms in total. The Kier molecular flexibility index (Phi) is 37.9. The molecular weight excluding hydrogens is 567 g/mol. The number of unbranched alkanes of at least 4 members (excludes halogenated alkanes) is 33. The number of carbonyl (C=O) groups is 1. The van der Waals surface area contributed by atoms with Gasteiger partial charge in [0, 0.05) is 10.6 Å². The number of hydrogen-bond donors (Lipinski definition) is 3. The number of rotatable bonds is 37. The van der Waals surface area contributed by atoms with E-state index in [1.165, 1.54) is 205 Å². The smallest absolute Gasteiger partial charge is 0.243 e. The fraction of sp³-hybridized carbons (Fsp3) is 0.947. The Hall–Kier alpha value is -0.130. The molecule has 0 rings (SSSR count). The van der Waals surface area contributed by atoms with Crippen molar-refractivity contribution in [2.75, 3.05) is 0 Å². The van der Waals surface area contributed by atoms with Crippen LogP contribution in [0.1, 0.15) is 231 Å². The molecule has 0 saturated heterocycles. The number of nitrogens with one attached hydrogen (secondary N) is 1. The molecule has 0 aromatic heterocycles. The van der Waals surface area contributed by atoms with E-state index in [-0.39, 0.29) is 5.91 Å². The van der Waals surface area contributed by atoms with Crippen LogP contribution in [0, 0.1) is 0 Å². The molecule has 5 heteroatoms. The van der Waals surface area contributed by atoms with Crippen LogP contribution >= 0.6 is 24.8 Å². The molecule has 0 heterocycles. The fourth-order valence-electron chi connectivity index (χ4n) is 6.27. The predicted molar refractivity (Wildman–Crippen MR) is 198 cm³/mol. The molecule has 0 radical (unpaired) electrons. The predicted octanol–water partition coefficient (Wildman–Crippen LogP) is 13.8. The van der Waals surface area contributed by atoms with Gasteiger partial charge in [0.15, 0.2) is 0 Å². The number of carbonyl (C=O) groups excluding carboxylic acids is 1. The van der Waals surface area contributed by atoms with Crippen LogP contribution in [-0.4, -0.2) is 15.3 Å². The first-order valence-electron chi connectivity index (χ1n) is 19.3. The highest BCUT2D eigenvalue weighted by Gasteiger charge is 1.99. The average Bonchev–Trinajstić information content (AvgIpc) is 3.00. The first-order chi connectivity index (χ1) is 21.2. The lowest BCUT2D eigenvalue weighted by Crippen LogP contribution is -2.17. The number of thiol groups is 1. The number of hydrogen-bond acceptors (Lipinski definition) is 3. The van der Waals surface area contributed by atoms with Crippen molar-refractivity contribution in [3.8, 4) is 0 Å². The summed E-state index contributed by atoms with van der Waals surface area (Å²) in [4.78, 5) is 10.9. The van der Waals surface area contributed by atoms with E-state index in [0.29, 0.717) is 6.42 Å². The first kappa shape index (κ1) is 42.9. The molecule has 0 spiro atoms. The molecule has 2 N–H and O–H groups in total. The van der Waals surface area contributed by atoms with Gasteiger partial charge >= 0.3 is 0 Å². The van der Waals surface area contributed by atoms with Gasteiger partial charge in [-0.1, -0.05) is 218 Å². The van der Waals surface area contributed by atoms with Crippen molar-refractivity contribution in [2.24, 2.45) is 0 Å². The highest BCUT2D eigenvalue weighted by molar-refractivity contribution is 8.11. The SMILES string of the molecule is O=C(CCCCCCCCCCCCCCCCCCCCCCCCCCCCCCCCCCCCC(=S)S)NO. The Labute approximate surface area is 280 Å².